The first-order chi connectivity index (χ1) is 14.9. The first-order valence-electron chi connectivity index (χ1n) is 9.51. The summed E-state index contributed by atoms with van der Waals surface area (Å²) in [7, 11) is 3.27. The summed E-state index contributed by atoms with van der Waals surface area (Å²) in [5.74, 6) is 2.06. The summed E-state index contributed by atoms with van der Waals surface area (Å²) in [5.41, 5.74) is 3.21. The molecule has 0 aliphatic heterocycles. The van der Waals surface area contributed by atoms with Crippen LogP contribution in [0, 0.1) is 6.92 Å². The second-order valence-corrected chi connectivity index (χ2v) is 7.80. The second-order valence-electron chi connectivity index (χ2n) is 6.95. The van der Waals surface area contributed by atoms with Gasteiger partial charge in [0.1, 0.15) is 23.9 Å². The Morgan fingerprint density at radius 2 is 1.97 bits per heavy atom. The van der Waals surface area contributed by atoms with E-state index in [2.05, 4.69) is 25.9 Å². The first kappa shape index (κ1) is 20.9. The normalized spacial score (nSPS) is 10.8. The average molecular weight is 482 g/mol. The van der Waals surface area contributed by atoms with Gasteiger partial charge < -0.3 is 18.8 Å². The van der Waals surface area contributed by atoms with Gasteiger partial charge in [-0.25, -0.2) is 14.8 Å². The molecule has 0 bridgehead atoms. The third-order valence-corrected chi connectivity index (χ3v) is 5.29. The fraction of sp³-hybridized carbons (Fsp3) is 0.174. The van der Waals surface area contributed by atoms with Crippen molar-refractivity contribution in [2.45, 2.75) is 13.5 Å². The maximum Gasteiger partial charge on any atom is 0.337 e. The molecule has 0 amide bonds. The van der Waals surface area contributed by atoms with E-state index in [0.717, 1.165) is 26.9 Å². The van der Waals surface area contributed by atoms with E-state index in [9.17, 15) is 4.79 Å². The van der Waals surface area contributed by atoms with E-state index in [4.69, 9.17) is 14.2 Å². The van der Waals surface area contributed by atoms with E-state index in [1.165, 1.54) is 7.11 Å². The molecule has 0 saturated carbocycles. The molecule has 2 aromatic carbocycles. The molecule has 7 nitrogen and oxygen atoms in total. The molecule has 0 aliphatic carbocycles. The zero-order valence-corrected chi connectivity index (χ0v) is 18.8. The Labute approximate surface area is 187 Å². The number of methoxy groups -OCH3 is 1. The molecule has 0 atom stereocenters. The van der Waals surface area contributed by atoms with E-state index in [1.807, 2.05) is 42.8 Å². The van der Waals surface area contributed by atoms with E-state index >= 15 is 0 Å². The molecule has 31 heavy (non-hydrogen) atoms. The van der Waals surface area contributed by atoms with Crippen molar-refractivity contribution >= 4 is 32.9 Å². The third kappa shape index (κ3) is 4.54. The van der Waals surface area contributed by atoms with E-state index < -0.39 is 5.97 Å². The number of aromatic nitrogens is 3. The van der Waals surface area contributed by atoms with Gasteiger partial charge in [0.25, 0.3) is 0 Å². The summed E-state index contributed by atoms with van der Waals surface area (Å²) in [4.78, 5) is 20.7. The minimum Gasteiger partial charge on any atom is -0.486 e. The molecule has 0 radical (unpaired) electrons. The largest absolute Gasteiger partial charge is 0.486 e. The maximum atomic E-state index is 11.7. The van der Waals surface area contributed by atoms with Gasteiger partial charge >= 0.3 is 5.97 Å². The zero-order chi connectivity index (χ0) is 22.0. The van der Waals surface area contributed by atoms with Crippen LogP contribution in [0.4, 0.5) is 0 Å². The molecular formula is C23H20BrN3O4. The molecule has 0 aliphatic rings. The topological polar surface area (TPSA) is 75.5 Å². The van der Waals surface area contributed by atoms with Gasteiger partial charge in [-0.1, -0.05) is 6.07 Å². The highest BCUT2D eigenvalue weighted by Crippen LogP contribution is 2.30. The van der Waals surface area contributed by atoms with Crippen molar-refractivity contribution in [1.29, 1.82) is 0 Å². The van der Waals surface area contributed by atoms with Gasteiger partial charge in [0.05, 0.1) is 28.2 Å². The van der Waals surface area contributed by atoms with Gasteiger partial charge in [-0.15, -0.1) is 0 Å². The standard InChI is InChI=1S/C23H20BrN3O4/c1-14-9-18(24)22(25-12-14)31-17-7-8-19-20(11-17)27(2)21(26-19)13-30-16-6-4-5-15(10-16)23(28)29-3/h4-12H,13H2,1-3H3. The van der Waals surface area contributed by atoms with E-state index in [0.29, 0.717) is 22.9 Å². The molecule has 0 saturated heterocycles. The van der Waals surface area contributed by atoms with Gasteiger partial charge in [-0.3, -0.25) is 0 Å². The van der Waals surface area contributed by atoms with Crippen LogP contribution in [-0.2, 0) is 18.4 Å². The fourth-order valence-corrected chi connectivity index (χ4v) is 3.64. The average Bonchev–Trinajstić information content (AvgIpc) is 3.09. The summed E-state index contributed by atoms with van der Waals surface area (Å²) in [6, 6.07) is 14.5. The zero-order valence-electron chi connectivity index (χ0n) is 17.3. The van der Waals surface area contributed by atoms with Crippen LogP contribution in [0.15, 0.2) is 59.2 Å². The smallest absolute Gasteiger partial charge is 0.337 e. The number of aryl methyl sites for hydroxylation is 2. The summed E-state index contributed by atoms with van der Waals surface area (Å²) in [5, 5.41) is 0. The van der Waals surface area contributed by atoms with Crippen LogP contribution in [0.3, 0.4) is 0 Å². The lowest BCUT2D eigenvalue weighted by molar-refractivity contribution is 0.0600. The van der Waals surface area contributed by atoms with Crippen LogP contribution in [0.5, 0.6) is 17.4 Å². The quantitative estimate of drug-likeness (QED) is 0.352. The Bertz CT molecular complexity index is 1270. The number of hydrogen-bond donors (Lipinski definition) is 0. The first-order valence-corrected chi connectivity index (χ1v) is 10.3. The number of fused-ring (bicyclic) bond motifs is 1. The highest BCUT2D eigenvalue weighted by molar-refractivity contribution is 9.10. The van der Waals surface area contributed by atoms with Crippen molar-refractivity contribution in [3.8, 4) is 17.4 Å². The van der Waals surface area contributed by atoms with Gasteiger partial charge in [-0.2, -0.15) is 0 Å². The predicted molar refractivity (Wildman–Crippen MR) is 120 cm³/mol. The van der Waals surface area contributed by atoms with Crippen LogP contribution >= 0.6 is 15.9 Å². The predicted octanol–water partition coefficient (Wildman–Crippen LogP) is 5.20. The second kappa shape index (κ2) is 8.77. The Morgan fingerprint density at radius 3 is 2.74 bits per heavy atom. The summed E-state index contributed by atoms with van der Waals surface area (Å²) in [6.45, 7) is 2.22. The SMILES string of the molecule is COC(=O)c1cccc(OCc2nc3ccc(Oc4ncc(C)cc4Br)cc3n2C)c1. The Kier molecular flexibility index (Phi) is 5.90. The van der Waals surface area contributed by atoms with E-state index in [-0.39, 0.29) is 6.61 Å². The molecular weight excluding hydrogens is 462 g/mol. The van der Waals surface area contributed by atoms with Crippen molar-refractivity contribution < 1.29 is 19.0 Å². The monoisotopic (exact) mass is 481 g/mol. The lowest BCUT2D eigenvalue weighted by Crippen LogP contribution is -2.05. The highest BCUT2D eigenvalue weighted by Gasteiger charge is 2.12. The van der Waals surface area contributed by atoms with Gasteiger partial charge in [0, 0.05) is 19.3 Å². The lowest BCUT2D eigenvalue weighted by atomic mass is 10.2. The number of esters is 1. The van der Waals surface area contributed by atoms with Crippen LogP contribution < -0.4 is 9.47 Å². The molecule has 4 aromatic rings. The molecule has 0 spiro atoms. The molecule has 0 unspecified atom stereocenters. The van der Waals surface area contributed by atoms with Crippen molar-refractivity contribution in [3.05, 3.63) is 76.2 Å². The van der Waals surface area contributed by atoms with Crippen molar-refractivity contribution in [3.63, 3.8) is 0 Å². The maximum absolute atomic E-state index is 11.7. The summed E-state index contributed by atoms with van der Waals surface area (Å²) < 4.78 is 19.3. The van der Waals surface area contributed by atoms with Crippen LogP contribution in [0.25, 0.3) is 11.0 Å². The minimum atomic E-state index is -0.407. The number of hydrogen-bond acceptors (Lipinski definition) is 6. The number of rotatable bonds is 6. The van der Waals surface area contributed by atoms with Crippen molar-refractivity contribution in [1.82, 2.24) is 14.5 Å². The molecule has 4 rings (SSSR count). The van der Waals surface area contributed by atoms with Crippen molar-refractivity contribution in [2.24, 2.45) is 7.05 Å². The van der Waals surface area contributed by atoms with Crippen LogP contribution in [0.2, 0.25) is 0 Å². The summed E-state index contributed by atoms with van der Waals surface area (Å²) in [6.07, 6.45) is 1.76. The Hall–Kier alpha value is -3.39. The van der Waals surface area contributed by atoms with Crippen LogP contribution in [-0.4, -0.2) is 27.6 Å². The fourth-order valence-electron chi connectivity index (χ4n) is 3.10. The number of imidazole rings is 1. The minimum absolute atomic E-state index is 0.247. The molecule has 2 aromatic heterocycles. The number of benzene rings is 2. The van der Waals surface area contributed by atoms with Crippen molar-refractivity contribution in [2.75, 3.05) is 7.11 Å². The number of nitrogens with zero attached hydrogens (tertiary/aromatic N) is 3. The number of pyridine rings is 1. The molecule has 0 fully saturated rings. The van der Waals surface area contributed by atoms with E-state index in [1.54, 1.807) is 30.5 Å². The molecule has 0 N–H and O–H groups in total. The Balaban J connectivity index is 1.53. The molecule has 158 valence electrons. The van der Waals surface area contributed by atoms with Crippen LogP contribution in [0.1, 0.15) is 21.7 Å². The van der Waals surface area contributed by atoms with Gasteiger partial charge in [-0.05, 0) is 64.8 Å². The summed E-state index contributed by atoms with van der Waals surface area (Å²) >= 11 is 3.48. The number of carbonyl (C=O) groups is 1. The van der Waals surface area contributed by atoms with Gasteiger partial charge in [0.2, 0.25) is 5.88 Å². The number of halogens is 1. The molecule has 8 heteroatoms. The molecule has 2 heterocycles. The third-order valence-electron chi connectivity index (χ3n) is 4.73. The number of ether oxygens (including phenoxy) is 3. The Morgan fingerprint density at radius 1 is 1.13 bits per heavy atom. The number of carbonyl (C=O) groups excluding carboxylic acids is 1. The van der Waals surface area contributed by atoms with Gasteiger partial charge in [0.15, 0.2) is 0 Å². The lowest BCUT2D eigenvalue weighted by Gasteiger charge is -2.08. The highest BCUT2D eigenvalue weighted by atomic mass is 79.9.